The first kappa shape index (κ1) is 307. The number of aliphatic hydroxyl groups is 1. The third kappa shape index (κ3) is 5270. The normalized spacial score (nSPS) is 6.13. The molecular weight excluding hydrogens is 3760 g/mol. The Balaban J connectivity index is -0.0000000147. The van der Waals surface area contributed by atoms with Gasteiger partial charge >= 0.3 is 0 Å². The maximum Gasteiger partial charge on any atom is 0.130 e. The Morgan fingerprint density at radius 1 is 0.0730 bits per heavy atom. The summed E-state index contributed by atoms with van der Waals surface area (Å²) in [6, 6.07) is 0. The van der Waals surface area contributed by atoms with E-state index in [0.717, 1.165) is 0 Å². The van der Waals surface area contributed by atoms with Gasteiger partial charge in [-0.15, -0.1) is 1040 Å². The van der Waals surface area contributed by atoms with E-state index in [4.69, 9.17) is 1050 Å². The molecule has 0 atom stereocenters. The zero-order valence-corrected chi connectivity index (χ0v) is 135. The van der Waals surface area contributed by atoms with E-state index in [2.05, 4.69) is 0 Å². The summed E-state index contributed by atoms with van der Waals surface area (Å²) in [5.74, 6) is 0. The molecule has 0 saturated carbocycles. The lowest BCUT2D eigenvalue weighted by atomic mass is 10.9. The Hall–Kier alpha value is 26.1. The van der Waals surface area contributed by atoms with E-state index in [0.29, 0.717) is 0 Å². The lowest BCUT2D eigenvalue weighted by Crippen LogP contribution is -1.90. The van der Waals surface area contributed by atoms with E-state index in [1.165, 1.54) is 0 Å². The zero-order chi connectivity index (χ0) is 123. The van der Waals surface area contributed by atoms with Crippen molar-refractivity contribution in [2.75, 3.05) is 242 Å². The minimum absolute atomic E-state index is 0.164. The fraction of sp³-hybridized carbons (Fsp3) is 1.00. The van der Waals surface area contributed by atoms with Crippen molar-refractivity contribution in [2.24, 2.45) is 0 Å². The number of rotatable bonds is 1. The zero-order valence-electron chi connectivity index (χ0n) is 66.9. The molecule has 0 bridgehead atoms. The third-order valence-corrected chi connectivity index (χ3v) is 0.414. The summed E-state index contributed by atoms with van der Waals surface area (Å²) >= 11 is 429. The van der Waals surface area contributed by atoms with Crippen molar-refractivity contribution < 1.29 is 5.11 Å². The molecule has 0 aromatic carbocycles. The number of hydrogen-bond donors (Lipinski definition) is 1. The van der Waals surface area contributed by atoms with Crippen LogP contribution in [-0.2, 0) is 0 Å². The maximum absolute atomic E-state index is 7.88. The van der Waals surface area contributed by atoms with Gasteiger partial charge < -0.3 is 5.11 Å². The van der Waals surface area contributed by atoms with Crippen LogP contribution in [0.3, 0.4) is 0 Å². The quantitative estimate of drug-likeness (QED) is 0.260. The summed E-state index contributed by atoms with van der Waals surface area (Å²) < 4.78 is 0. The molecule has 0 saturated heterocycles. The minimum Gasteiger partial charge on any atom is -0.394 e. The van der Waals surface area contributed by atoms with Crippen molar-refractivity contribution in [3.63, 3.8) is 0 Å². The van der Waals surface area contributed by atoms with Crippen molar-refractivity contribution in [3.05, 3.63) is 0 Å². The highest BCUT2D eigenvalue weighted by molar-refractivity contribution is 6.53. The van der Waals surface area contributed by atoms with Gasteiger partial charge in [-0.3, -0.25) is 0 Å². The molecule has 1 N–H and O–H groups in total. The Bertz CT molecular complexity index is 428. The Morgan fingerprint density at radius 3 is 0.0803 bits per heavy atom. The standard InChI is InChI=1S/C2H4Cl2O.44CH2Cl2/c3-2(4)1-5;44*2-1-3/h2,5H,1H2;44*1H2. The van der Waals surface area contributed by atoms with Crippen molar-refractivity contribution in [1.82, 2.24) is 0 Å². The van der Waals surface area contributed by atoms with Gasteiger partial charge in [0.1, 0.15) is 4.84 Å². The molecule has 137 heavy (non-hydrogen) atoms. The summed E-state index contributed by atoms with van der Waals surface area (Å²) in [5.41, 5.74) is 0. The molecule has 0 aliphatic carbocycles. The molecule has 0 unspecified atom stereocenters. The fourth-order valence-corrected chi connectivity index (χ4v) is 0. The molecule has 0 aromatic heterocycles. The molecule has 0 aliphatic heterocycles. The first-order valence-corrected chi connectivity index (χ1v) is 72.6. The van der Waals surface area contributed by atoms with Crippen LogP contribution in [0.2, 0.25) is 0 Å². The summed E-state index contributed by atoms with van der Waals surface area (Å²) in [6.45, 7) is -0.164. The van der Waals surface area contributed by atoms with E-state index >= 15 is 0 Å². The van der Waals surface area contributed by atoms with Gasteiger partial charge in [0, 0.05) is 0 Å². The summed E-state index contributed by atoms with van der Waals surface area (Å²) in [6.07, 6.45) is 0. The largest absolute Gasteiger partial charge is 0.394 e. The van der Waals surface area contributed by atoms with E-state index in [9.17, 15) is 0 Å². The van der Waals surface area contributed by atoms with E-state index in [1.54, 1.807) is 0 Å². The van der Waals surface area contributed by atoms with Crippen LogP contribution in [-0.4, -0.2) is 251 Å². The van der Waals surface area contributed by atoms with Crippen LogP contribution >= 0.6 is 1040 Å². The molecule has 0 rings (SSSR count). The molecule has 1 nitrogen and oxygen atoms in total. The second kappa shape index (κ2) is 766. The number of aliphatic hydroxyl groups excluding tert-OH is 1. The Kier molecular flexibility index (Phi) is 1720. The van der Waals surface area contributed by atoms with Crippen molar-refractivity contribution >= 4 is 1040 Å². The summed E-state index contributed by atoms with van der Waals surface area (Å²) in [7, 11) is 0. The summed E-state index contributed by atoms with van der Waals surface area (Å²) in [4.78, 5) is -0.616. The van der Waals surface area contributed by atoms with Crippen LogP contribution in [0.4, 0.5) is 0 Å². The predicted molar refractivity (Wildman–Crippen MR) is 752 cm³/mol. The van der Waals surface area contributed by atoms with Crippen LogP contribution < -0.4 is 0 Å². The van der Waals surface area contributed by atoms with Crippen LogP contribution in [0.25, 0.3) is 0 Å². The molecule has 0 spiro atoms. The van der Waals surface area contributed by atoms with Crippen LogP contribution in [0.15, 0.2) is 0 Å². The van der Waals surface area contributed by atoms with E-state index in [1.807, 2.05) is 0 Å². The number of alkyl halides is 90. The molecule has 0 aromatic rings. The highest BCUT2D eigenvalue weighted by Crippen LogP contribution is 1.96. The van der Waals surface area contributed by atoms with Crippen LogP contribution in [0.1, 0.15) is 0 Å². The van der Waals surface area contributed by atoms with Crippen molar-refractivity contribution in [3.8, 4) is 0 Å². The highest BCUT2D eigenvalue weighted by Gasteiger charge is 1.88. The number of halogens is 90. The van der Waals surface area contributed by atoms with Gasteiger partial charge in [-0.25, -0.2) is 0 Å². The lowest BCUT2D eigenvalue weighted by molar-refractivity contribution is 0.313. The second-order valence-corrected chi connectivity index (χ2v) is 41.9. The first-order chi connectivity index (χ1) is 64.5. The van der Waals surface area contributed by atoms with Gasteiger partial charge in [-0.1, -0.05) is 0 Å². The van der Waals surface area contributed by atoms with Crippen molar-refractivity contribution in [2.45, 2.75) is 4.84 Å². The second-order valence-electron chi connectivity index (χ2n) is 5.02. The molecule has 912 valence electrons. The van der Waals surface area contributed by atoms with E-state index < -0.39 is 4.84 Å². The molecule has 91 heteroatoms. The molecule has 0 heterocycles. The first-order valence-electron chi connectivity index (χ1n) is 24.7. The Morgan fingerprint density at radius 2 is 0.0803 bits per heavy atom. The maximum atomic E-state index is 7.88. The molecule has 0 amide bonds. The van der Waals surface area contributed by atoms with E-state index in [-0.39, 0.29) is 242 Å². The molecule has 0 fully saturated rings. The van der Waals surface area contributed by atoms with Gasteiger partial charge in [0.05, 0.1) is 242 Å². The summed E-state index contributed by atoms with van der Waals surface area (Å²) in [5, 5.41) is 16.4. The molecule has 0 radical (unpaired) electrons. The average Bonchev–Trinajstić information content (AvgIpc) is 3.72. The average molecular weight is 3850 g/mol. The van der Waals surface area contributed by atoms with Gasteiger partial charge in [0.15, 0.2) is 0 Å². The van der Waals surface area contributed by atoms with Gasteiger partial charge in [-0.05, 0) is 0 Å². The highest BCUT2D eigenvalue weighted by atomic mass is 35.6. The third-order valence-electron chi connectivity index (χ3n) is 0.138. The van der Waals surface area contributed by atoms with Gasteiger partial charge in [0.25, 0.3) is 0 Å². The smallest absolute Gasteiger partial charge is 0.130 e. The number of hydrogen-bond acceptors (Lipinski definition) is 1. The van der Waals surface area contributed by atoms with Gasteiger partial charge in [0.2, 0.25) is 0 Å². The van der Waals surface area contributed by atoms with Crippen LogP contribution in [0.5, 0.6) is 0 Å². The molecule has 0 aliphatic rings. The van der Waals surface area contributed by atoms with Crippen molar-refractivity contribution in [1.29, 1.82) is 0 Å². The fourth-order valence-electron chi connectivity index (χ4n) is 0. The van der Waals surface area contributed by atoms with Crippen LogP contribution in [0, 0.1) is 0 Å². The van der Waals surface area contributed by atoms with Gasteiger partial charge in [-0.2, -0.15) is 0 Å². The lowest BCUT2D eigenvalue weighted by Gasteiger charge is -1.84. The predicted octanol–water partition coefficient (Wildman–Crippen LogP) is 63.3. The monoisotopic (exact) mass is 3810 g/mol. The topological polar surface area (TPSA) is 20.2 Å². The minimum atomic E-state index is -0.616. The SMILES string of the molecule is ClCCl.ClCCl.ClCCl.ClCCl.ClCCl.ClCCl.ClCCl.ClCCl.ClCCl.ClCCl.ClCCl.ClCCl.ClCCl.ClCCl.ClCCl.ClCCl.ClCCl.ClCCl.ClCCl.ClCCl.ClCCl.ClCCl.ClCCl.ClCCl.ClCCl.ClCCl.ClCCl.ClCCl.ClCCl.ClCCl.ClCCl.ClCCl.ClCCl.ClCCl.ClCCl.ClCCl.ClCCl.ClCCl.ClCCl.ClCCl.ClCCl.ClCCl.ClCCl.ClCCl.OCC(Cl)Cl. The molecular formula is C46H92Cl90O. The Labute approximate surface area is 1270 Å².